The van der Waals surface area contributed by atoms with Crippen LogP contribution in [0, 0.1) is 12.7 Å². The number of benzene rings is 3. The zero-order valence-corrected chi connectivity index (χ0v) is 19.3. The number of nitrogens with zero attached hydrogens (tertiary/aromatic N) is 2. The Balaban J connectivity index is 1.65. The molecular formula is C27H19FN2O4S. The van der Waals surface area contributed by atoms with E-state index in [0.717, 1.165) is 10.5 Å². The number of ketones is 1. The summed E-state index contributed by atoms with van der Waals surface area (Å²) in [6.45, 7) is 1.69. The van der Waals surface area contributed by atoms with Crippen LogP contribution in [0.1, 0.15) is 27.0 Å². The fraction of sp³-hybridized carbons (Fsp3) is 0.0741. The summed E-state index contributed by atoms with van der Waals surface area (Å²) in [6.07, 6.45) is 0. The molecule has 1 aliphatic heterocycles. The van der Waals surface area contributed by atoms with Crippen LogP contribution in [-0.2, 0) is 4.79 Å². The maximum atomic E-state index is 13.8. The topological polar surface area (TPSA) is 90.7 Å². The van der Waals surface area contributed by atoms with Crippen LogP contribution in [0.5, 0.6) is 5.75 Å². The minimum absolute atomic E-state index is 0.118. The Morgan fingerprint density at radius 2 is 1.63 bits per heavy atom. The second-order valence-corrected chi connectivity index (χ2v) is 9.01. The molecule has 2 N–H and O–H groups in total. The van der Waals surface area contributed by atoms with Gasteiger partial charge in [0.25, 0.3) is 5.91 Å². The molecule has 8 heteroatoms. The minimum Gasteiger partial charge on any atom is -0.506 e. The van der Waals surface area contributed by atoms with Crippen molar-refractivity contribution in [2.45, 2.75) is 13.0 Å². The van der Waals surface area contributed by atoms with Gasteiger partial charge in [-0.3, -0.25) is 14.5 Å². The van der Waals surface area contributed by atoms with Gasteiger partial charge in [-0.05, 0) is 36.8 Å². The Hall–Kier alpha value is -4.30. The summed E-state index contributed by atoms with van der Waals surface area (Å²) in [4.78, 5) is 33.0. The van der Waals surface area contributed by atoms with E-state index in [4.69, 9.17) is 0 Å². The van der Waals surface area contributed by atoms with E-state index in [1.807, 2.05) is 30.3 Å². The average molecular weight is 487 g/mol. The first-order valence-corrected chi connectivity index (χ1v) is 11.6. The van der Waals surface area contributed by atoms with E-state index < -0.39 is 29.3 Å². The quantitative estimate of drug-likeness (QED) is 0.351. The molecule has 35 heavy (non-hydrogen) atoms. The normalized spacial score (nSPS) is 15.7. The first kappa shape index (κ1) is 22.5. The molecule has 0 fully saturated rings. The smallest absolute Gasteiger partial charge is 0.294 e. The molecule has 0 saturated carbocycles. The number of halogens is 1. The number of aromatic nitrogens is 1. The fourth-order valence-electron chi connectivity index (χ4n) is 4.15. The van der Waals surface area contributed by atoms with Crippen molar-refractivity contribution < 1.29 is 24.2 Å². The number of aryl methyl sites for hydroxylation is 1. The maximum absolute atomic E-state index is 13.8. The Labute approximate surface area is 204 Å². The molecule has 2 heterocycles. The van der Waals surface area contributed by atoms with Gasteiger partial charge < -0.3 is 10.2 Å². The number of phenolic OH excluding ortho intramolecular Hbond substituents is 1. The van der Waals surface area contributed by atoms with E-state index in [1.54, 1.807) is 19.1 Å². The number of Topliss-reactive ketones (excluding diaryl/α,β-unsaturated/α-hetero) is 1. The van der Waals surface area contributed by atoms with Gasteiger partial charge >= 0.3 is 0 Å². The third-order valence-corrected chi connectivity index (χ3v) is 7.01. The van der Waals surface area contributed by atoms with Crippen LogP contribution in [-0.4, -0.2) is 26.9 Å². The highest BCUT2D eigenvalue weighted by Crippen LogP contribution is 2.45. The van der Waals surface area contributed by atoms with Crippen molar-refractivity contribution in [2.75, 3.05) is 4.90 Å². The van der Waals surface area contributed by atoms with Crippen LogP contribution in [0.25, 0.3) is 10.6 Å². The third kappa shape index (κ3) is 3.87. The highest BCUT2D eigenvalue weighted by atomic mass is 32.1. The maximum Gasteiger partial charge on any atom is 0.294 e. The van der Waals surface area contributed by atoms with Gasteiger partial charge in [0.15, 0.2) is 5.76 Å². The molecule has 3 aromatic carbocycles. The molecule has 0 saturated heterocycles. The zero-order chi connectivity index (χ0) is 24.7. The van der Waals surface area contributed by atoms with Gasteiger partial charge in [-0.25, -0.2) is 9.37 Å². The van der Waals surface area contributed by atoms with Crippen molar-refractivity contribution in [1.82, 2.24) is 4.98 Å². The van der Waals surface area contributed by atoms with Gasteiger partial charge in [-0.2, -0.15) is 0 Å². The lowest BCUT2D eigenvalue weighted by atomic mass is 9.94. The van der Waals surface area contributed by atoms with Crippen LogP contribution in [0.4, 0.5) is 10.1 Å². The van der Waals surface area contributed by atoms with Crippen LogP contribution >= 0.6 is 11.3 Å². The number of aliphatic hydroxyl groups is 1. The molecule has 5 rings (SSSR count). The lowest BCUT2D eigenvalue weighted by Gasteiger charge is -2.27. The van der Waals surface area contributed by atoms with E-state index in [-0.39, 0.29) is 21.9 Å². The predicted octanol–water partition coefficient (Wildman–Crippen LogP) is 5.75. The zero-order valence-electron chi connectivity index (χ0n) is 18.5. The summed E-state index contributed by atoms with van der Waals surface area (Å²) < 4.78 is 13.7. The van der Waals surface area contributed by atoms with Crippen LogP contribution < -0.4 is 4.90 Å². The first-order valence-electron chi connectivity index (χ1n) is 10.7. The lowest BCUT2D eigenvalue weighted by molar-refractivity contribution is -0.117. The van der Waals surface area contributed by atoms with Crippen molar-refractivity contribution in [1.29, 1.82) is 0 Å². The molecule has 0 aliphatic carbocycles. The summed E-state index contributed by atoms with van der Waals surface area (Å²) in [5, 5.41) is 22.0. The van der Waals surface area contributed by atoms with Gasteiger partial charge in [-0.1, -0.05) is 54.6 Å². The minimum atomic E-state index is -1.08. The number of rotatable bonds is 5. The summed E-state index contributed by atoms with van der Waals surface area (Å²) in [6, 6.07) is 19.7. The van der Waals surface area contributed by atoms with Gasteiger partial charge in [0, 0.05) is 5.56 Å². The molecule has 1 atom stereocenters. The summed E-state index contributed by atoms with van der Waals surface area (Å²) in [5.74, 6) is -2.80. The van der Waals surface area contributed by atoms with Gasteiger partial charge in [0.1, 0.15) is 16.6 Å². The number of thiazole rings is 1. The summed E-state index contributed by atoms with van der Waals surface area (Å²) >= 11 is 1.17. The number of phenols is 1. The van der Waals surface area contributed by atoms with Crippen molar-refractivity contribution in [3.05, 3.63) is 112 Å². The average Bonchev–Trinajstić information content (AvgIpc) is 3.38. The first-order chi connectivity index (χ1) is 16.9. The molecule has 1 aliphatic rings. The Morgan fingerprint density at radius 3 is 2.31 bits per heavy atom. The monoisotopic (exact) mass is 486 g/mol. The number of hydrogen-bond donors (Lipinski definition) is 2. The molecule has 1 aromatic heterocycles. The standard InChI is InChI=1S/C27H19FN2O4S/c1-15-25(35-26(29-15)17-7-3-2-4-8-17)23(32)21-22(16-11-13-18(28)14-12-16)30(27(34)24(21)33)19-9-5-6-10-20(19)31/h2-14,22,31,33H,1H3. The SMILES string of the molecule is Cc1nc(-c2ccccc2)sc1C(=O)C1=C(O)C(=O)N(c2ccccc2O)C1c1ccc(F)cc1. The lowest BCUT2D eigenvalue weighted by Crippen LogP contribution is -2.31. The molecule has 0 spiro atoms. The number of carbonyl (C=O) groups is 2. The third-order valence-electron chi connectivity index (χ3n) is 5.80. The summed E-state index contributed by atoms with van der Waals surface area (Å²) in [5.41, 5.74) is 1.67. The number of hydrogen-bond acceptors (Lipinski definition) is 6. The number of anilines is 1. The van der Waals surface area contributed by atoms with Crippen molar-refractivity contribution >= 4 is 28.7 Å². The highest BCUT2D eigenvalue weighted by Gasteiger charge is 2.46. The Kier molecular flexibility index (Phi) is 5.66. The summed E-state index contributed by atoms with van der Waals surface area (Å²) in [7, 11) is 0. The van der Waals surface area contributed by atoms with E-state index >= 15 is 0 Å². The molecular weight excluding hydrogens is 467 g/mol. The molecule has 1 amide bonds. The molecule has 0 bridgehead atoms. The van der Waals surface area contributed by atoms with Crippen LogP contribution in [0.3, 0.4) is 0 Å². The number of para-hydroxylation sites is 2. The van der Waals surface area contributed by atoms with E-state index in [1.165, 1.54) is 47.7 Å². The number of amides is 1. The molecule has 174 valence electrons. The highest BCUT2D eigenvalue weighted by molar-refractivity contribution is 7.17. The van der Waals surface area contributed by atoms with E-state index in [0.29, 0.717) is 16.3 Å². The van der Waals surface area contributed by atoms with Crippen molar-refractivity contribution in [2.24, 2.45) is 0 Å². The van der Waals surface area contributed by atoms with Crippen molar-refractivity contribution in [3.8, 4) is 16.3 Å². The number of carbonyl (C=O) groups excluding carboxylic acids is 2. The van der Waals surface area contributed by atoms with Crippen LogP contribution in [0.2, 0.25) is 0 Å². The largest absolute Gasteiger partial charge is 0.506 e. The molecule has 1 unspecified atom stereocenters. The van der Waals surface area contributed by atoms with Crippen LogP contribution in [0.15, 0.2) is 90.2 Å². The number of aromatic hydroxyl groups is 1. The van der Waals surface area contributed by atoms with Gasteiger partial charge in [0.05, 0.1) is 27.9 Å². The number of aliphatic hydroxyl groups excluding tert-OH is 1. The van der Waals surface area contributed by atoms with Gasteiger partial charge in [-0.15, -0.1) is 11.3 Å². The second-order valence-electron chi connectivity index (χ2n) is 8.01. The van der Waals surface area contributed by atoms with E-state index in [2.05, 4.69) is 4.98 Å². The fourth-order valence-corrected chi connectivity index (χ4v) is 5.17. The molecule has 0 radical (unpaired) electrons. The Bertz CT molecular complexity index is 1480. The molecule has 6 nitrogen and oxygen atoms in total. The van der Waals surface area contributed by atoms with Gasteiger partial charge in [0.2, 0.25) is 5.78 Å². The molecule has 4 aromatic rings. The second kappa shape index (κ2) is 8.81. The predicted molar refractivity (Wildman–Crippen MR) is 131 cm³/mol. The van der Waals surface area contributed by atoms with E-state index in [9.17, 15) is 24.2 Å². The Morgan fingerprint density at radius 1 is 0.971 bits per heavy atom. The van der Waals surface area contributed by atoms with Crippen molar-refractivity contribution in [3.63, 3.8) is 0 Å².